The summed E-state index contributed by atoms with van der Waals surface area (Å²) in [6.45, 7) is 5.46. The zero-order valence-electron chi connectivity index (χ0n) is 9.05. The molecule has 0 aromatic carbocycles. The molecule has 1 heterocycles. The molecule has 0 saturated heterocycles. The first-order chi connectivity index (χ1) is 6.75. The molecule has 88 valence electrons. The van der Waals surface area contributed by atoms with Crippen molar-refractivity contribution in [2.75, 3.05) is 0 Å². The van der Waals surface area contributed by atoms with Crippen molar-refractivity contribution in [2.24, 2.45) is 7.05 Å². The zero-order valence-corrected chi connectivity index (χ0v) is 13.2. The summed E-state index contributed by atoms with van der Waals surface area (Å²) in [7, 11) is 19.1. The smallest absolute Gasteiger partial charge is 0.391 e. The highest BCUT2D eigenvalue weighted by molar-refractivity contribution is 7.81. The summed E-state index contributed by atoms with van der Waals surface area (Å²) in [5, 5.41) is 0. The summed E-state index contributed by atoms with van der Waals surface area (Å²) in [6, 6.07) is 0. The van der Waals surface area contributed by atoms with E-state index in [-0.39, 0.29) is 0 Å². The highest BCUT2D eigenvalue weighted by atomic mass is 35.9. The van der Waals surface area contributed by atoms with Crippen LogP contribution in [-0.4, -0.2) is 14.0 Å². The normalized spacial score (nSPS) is 10.9. The minimum absolute atomic E-state index is 1.13. The minimum Gasteiger partial charge on any atom is -0.391 e. The van der Waals surface area contributed by atoms with Crippen LogP contribution in [0.2, 0.25) is 0 Å². The molecule has 0 aliphatic rings. The van der Waals surface area contributed by atoms with Crippen LogP contribution in [0.1, 0.15) is 19.2 Å². The lowest BCUT2D eigenvalue weighted by atomic mass is 10.5. The van der Waals surface area contributed by atoms with Crippen LogP contribution in [0.3, 0.4) is 0 Å². The molecule has 7 heteroatoms. The second-order valence-electron chi connectivity index (χ2n) is 3.14. The molecule has 0 fully saturated rings. The molecule has 0 amide bonds. The Morgan fingerprint density at radius 1 is 1.33 bits per heavy atom. The van der Waals surface area contributed by atoms with Gasteiger partial charge >= 0.3 is 9.39 Å². The van der Waals surface area contributed by atoms with Gasteiger partial charge in [-0.15, -0.1) is 0 Å². The number of aryl methyl sites for hydroxylation is 2. The predicted molar refractivity (Wildman–Crippen MR) is 69.8 cm³/mol. The van der Waals surface area contributed by atoms with Crippen LogP contribution in [0.4, 0.5) is 0 Å². The van der Waals surface area contributed by atoms with Crippen molar-refractivity contribution >= 4 is 49.6 Å². The molecule has 0 unspecified atom stereocenters. The molecule has 1 aromatic heterocycles. The molecule has 0 aliphatic carbocycles. The highest BCUT2D eigenvalue weighted by Crippen LogP contribution is 2.23. The van der Waals surface area contributed by atoms with Gasteiger partial charge in [0, 0.05) is 6.92 Å². The fraction of sp³-hybridized carbons (Fsp3) is 0.625. The molecule has 0 saturated carbocycles. The standard InChI is InChI=1S/C8H15N2.Al.4ClH/c1-4-5-10-7-6-9(3)8(10)2;;;;;/h6-7H,4-5H2,1-3H3;;4*1H/q+1;+3;;;;/p-4. The van der Waals surface area contributed by atoms with E-state index in [1.54, 1.807) is 0 Å². The summed E-state index contributed by atoms with van der Waals surface area (Å²) in [4.78, 5) is 0. The van der Waals surface area contributed by atoms with E-state index in [9.17, 15) is 0 Å². The molecular formula is C8H15AlCl4N2. The molecule has 15 heavy (non-hydrogen) atoms. The Balaban J connectivity index is 0.000000336. The third-order valence-corrected chi connectivity index (χ3v) is 1.86. The molecule has 2 nitrogen and oxygen atoms in total. The maximum absolute atomic E-state index is 4.99. The van der Waals surface area contributed by atoms with Crippen LogP contribution in [0.15, 0.2) is 12.4 Å². The van der Waals surface area contributed by atoms with Crippen molar-refractivity contribution in [2.45, 2.75) is 26.8 Å². The Kier molecular flexibility index (Phi) is 7.71. The van der Waals surface area contributed by atoms with Gasteiger partial charge in [0.25, 0.3) is 5.82 Å². The maximum Gasteiger partial charge on any atom is 0.564 e. The van der Waals surface area contributed by atoms with E-state index in [0.29, 0.717) is 0 Å². The summed E-state index contributed by atoms with van der Waals surface area (Å²) in [5.41, 5.74) is 0. The number of halogens is 4. The second kappa shape index (κ2) is 7.27. The number of hydrogen-bond donors (Lipinski definition) is 0. The number of nitrogens with zero attached hydrogens (tertiary/aromatic N) is 2. The molecule has 0 aliphatic heterocycles. The van der Waals surface area contributed by atoms with Gasteiger partial charge in [-0.3, -0.25) is 0 Å². The Morgan fingerprint density at radius 3 is 2.07 bits per heavy atom. The van der Waals surface area contributed by atoms with Gasteiger partial charge < -0.3 is 40.2 Å². The summed E-state index contributed by atoms with van der Waals surface area (Å²) < 4.78 is 4.40. The third-order valence-electron chi connectivity index (χ3n) is 1.86. The predicted octanol–water partition coefficient (Wildman–Crippen LogP) is 3.41. The van der Waals surface area contributed by atoms with Crippen LogP contribution in [-0.2, 0) is 13.6 Å². The lowest BCUT2D eigenvalue weighted by Gasteiger charge is -1.97. The molecular weight excluding hydrogens is 293 g/mol. The van der Waals surface area contributed by atoms with E-state index in [2.05, 4.69) is 42.4 Å². The van der Waals surface area contributed by atoms with Crippen LogP contribution in [0.5, 0.6) is 0 Å². The first kappa shape index (κ1) is 15.9. The minimum atomic E-state index is -2.94. The number of aromatic nitrogens is 2. The second-order valence-corrected chi connectivity index (χ2v) is 16.0. The molecule has 1 aromatic rings. The Morgan fingerprint density at radius 2 is 1.80 bits per heavy atom. The molecule has 0 bridgehead atoms. The van der Waals surface area contributed by atoms with Gasteiger partial charge in [-0.25, -0.2) is 9.13 Å². The van der Waals surface area contributed by atoms with Crippen molar-refractivity contribution in [1.29, 1.82) is 0 Å². The number of hydrogen-bond acceptors (Lipinski definition) is 0. The van der Waals surface area contributed by atoms with E-state index >= 15 is 0 Å². The molecule has 0 N–H and O–H groups in total. The van der Waals surface area contributed by atoms with Crippen molar-refractivity contribution in [1.82, 2.24) is 4.57 Å². The highest BCUT2D eigenvalue weighted by Gasteiger charge is 2.14. The van der Waals surface area contributed by atoms with E-state index in [1.807, 2.05) is 0 Å². The number of rotatable bonds is 2. The third kappa shape index (κ3) is 8.68. The number of imidazole rings is 1. The lowest BCUT2D eigenvalue weighted by molar-refractivity contribution is -0.677. The Hall–Kier alpha value is 0.902. The fourth-order valence-corrected chi connectivity index (χ4v) is 1.08. The molecule has 1 rings (SSSR count). The fourth-order valence-electron chi connectivity index (χ4n) is 1.08. The molecule has 0 radical (unpaired) electrons. The summed E-state index contributed by atoms with van der Waals surface area (Å²) in [5.74, 6) is 1.32. The molecule has 0 spiro atoms. The first-order valence-electron chi connectivity index (χ1n) is 4.64. The Bertz CT molecular complexity index is 289. The average Bonchev–Trinajstić information content (AvgIpc) is 2.34. The van der Waals surface area contributed by atoms with E-state index < -0.39 is 9.39 Å². The van der Waals surface area contributed by atoms with Gasteiger partial charge in [-0.05, 0) is 6.42 Å². The van der Waals surface area contributed by atoms with Gasteiger partial charge in [0.1, 0.15) is 12.4 Å². The Labute approximate surface area is 110 Å². The van der Waals surface area contributed by atoms with Gasteiger partial charge in [0.05, 0.1) is 13.6 Å². The van der Waals surface area contributed by atoms with Gasteiger partial charge in [-0.1, -0.05) is 6.92 Å². The summed E-state index contributed by atoms with van der Waals surface area (Å²) >= 11 is 0. The lowest BCUT2D eigenvalue weighted by Crippen LogP contribution is -2.29. The van der Waals surface area contributed by atoms with Crippen molar-refractivity contribution in [3.63, 3.8) is 0 Å². The van der Waals surface area contributed by atoms with Crippen LogP contribution in [0, 0.1) is 6.92 Å². The monoisotopic (exact) mass is 306 g/mol. The van der Waals surface area contributed by atoms with Crippen LogP contribution < -0.4 is 4.57 Å². The van der Waals surface area contributed by atoms with E-state index in [0.717, 1.165) is 6.54 Å². The zero-order chi connectivity index (χ0) is 12.1. The van der Waals surface area contributed by atoms with Crippen molar-refractivity contribution in [3.05, 3.63) is 18.2 Å². The quantitative estimate of drug-likeness (QED) is 0.585. The van der Waals surface area contributed by atoms with Crippen molar-refractivity contribution < 1.29 is 4.57 Å². The molecule has 0 atom stereocenters. The topological polar surface area (TPSA) is 8.81 Å². The SMILES string of the molecule is CCCn1cc[n+](C)c1C.[Cl][Al-]([Cl])([Cl])[Cl]. The van der Waals surface area contributed by atoms with Gasteiger partial charge in [0.2, 0.25) is 0 Å². The van der Waals surface area contributed by atoms with Crippen molar-refractivity contribution in [3.8, 4) is 0 Å². The van der Waals surface area contributed by atoms with E-state index in [4.69, 9.17) is 40.2 Å². The first-order valence-corrected chi connectivity index (χ1v) is 11.6. The van der Waals surface area contributed by atoms with Crippen LogP contribution in [0.25, 0.3) is 0 Å². The average molecular weight is 308 g/mol. The van der Waals surface area contributed by atoms with Gasteiger partial charge in [0.15, 0.2) is 0 Å². The van der Waals surface area contributed by atoms with Gasteiger partial charge in [-0.2, -0.15) is 0 Å². The van der Waals surface area contributed by atoms with Crippen LogP contribution >= 0.6 is 40.2 Å². The summed E-state index contributed by atoms with van der Waals surface area (Å²) in [6.07, 6.45) is 5.42. The maximum atomic E-state index is 4.99. The van der Waals surface area contributed by atoms with E-state index in [1.165, 1.54) is 12.2 Å². The largest absolute Gasteiger partial charge is 0.564 e.